The fourth-order valence-corrected chi connectivity index (χ4v) is 2.46. The van der Waals surface area contributed by atoms with Crippen molar-refractivity contribution in [1.29, 1.82) is 0 Å². The summed E-state index contributed by atoms with van der Waals surface area (Å²) in [4.78, 5) is 8.64. The highest BCUT2D eigenvalue weighted by atomic mass is 32.1. The predicted molar refractivity (Wildman–Crippen MR) is 68.6 cm³/mol. The number of rotatable bonds is 2. The Morgan fingerprint density at radius 1 is 1.35 bits per heavy atom. The number of benzene rings is 1. The lowest BCUT2D eigenvalue weighted by atomic mass is 10.0. The van der Waals surface area contributed by atoms with E-state index in [0.717, 1.165) is 35.7 Å². The third-order valence-electron chi connectivity index (χ3n) is 2.66. The Hall–Kier alpha value is -1.88. The molecule has 1 aromatic heterocycles. The van der Waals surface area contributed by atoms with E-state index in [1.54, 1.807) is 11.6 Å². The van der Waals surface area contributed by atoms with Crippen LogP contribution in [0.1, 0.15) is 5.56 Å². The zero-order valence-electron chi connectivity index (χ0n) is 9.05. The van der Waals surface area contributed by atoms with E-state index in [4.69, 9.17) is 0 Å². The van der Waals surface area contributed by atoms with Crippen LogP contribution >= 0.6 is 11.3 Å². The highest BCUT2D eigenvalue weighted by molar-refractivity contribution is 7.07. The van der Waals surface area contributed by atoms with Gasteiger partial charge in [0.1, 0.15) is 11.6 Å². The number of thiazole rings is 1. The molecule has 1 aliphatic rings. The smallest absolute Gasteiger partial charge is 0.129 e. The second-order valence-corrected chi connectivity index (χ2v) is 4.45. The summed E-state index contributed by atoms with van der Waals surface area (Å²) in [6.45, 7) is 1.63. The van der Waals surface area contributed by atoms with Crippen LogP contribution in [0.5, 0.6) is 5.75 Å². The van der Waals surface area contributed by atoms with Gasteiger partial charge in [0.05, 0.1) is 23.3 Å². The Morgan fingerprint density at radius 2 is 2.29 bits per heavy atom. The maximum atomic E-state index is 10.0. The van der Waals surface area contributed by atoms with Crippen molar-refractivity contribution < 1.29 is 5.11 Å². The molecule has 2 aromatic rings. The number of nitrogens with one attached hydrogen (secondary N) is 1. The molecule has 2 N–H and O–H groups in total. The number of phenols is 1. The monoisotopic (exact) mass is 245 g/mol. The number of phenolic OH excluding ortho intramolecular Hbond substituents is 1. The lowest BCUT2D eigenvalue weighted by Crippen LogP contribution is -2.20. The molecule has 0 unspecified atom stereocenters. The van der Waals surface area contributed by atoms with Gasteiger partial charge in [-0.2, -0.15) is 0 Å². The Kier molecular flexibility index (Phi) is 2.53. The molecule has 1 aliphatic heterocycles. The minimum absolute atomic E-state index is 0.241. The maximum absolute atomic E-state index is 10.0. The highest BCUT2D eigenvalue weighted by Gasteiger charge is 2.17. The minimum atomic E-state index is 0.241. The van der Waals surface area contributed by atoms with Crippen LogP contribution in [0, 0.1) is 0 Å². The molecule has 0 spiro atoms. The van der Waals surface area contributed by atoms with Crippen molar-refractivity contribution in [2.24, 2.45) is 4.99 Å². The summed E-state index contributed by atoms with van der Waals surface area (Å²) in [5, 5.41) is 15.1. The van der Waals surface area contributed by atoms with Crippen LogP contribution in [0.15, 0.2) is 34.1 Å². The van der Waals surface area contributed by atoms with Crippen molar-refractivity contribution in [2.45, 2.75) is 0 Å². The Bertz CT molecular complexity index is 563. The standard InChI is InChI=1S/C12H11N3OS/c16-10-3-1-2-8(12-13-4-5-14-12)11(10)9-6-17-7-15-9/h1-3,6-7,16H,4-5H2,(H,13,14). The van der Waals surface area contributed by atoms with Crippen molar-refractivity contribution in [3.8, 4) is 17.0 Å². The summed E-state index contributed by atoms with van der Waals surface area (Å²) < 4.78 is 0. The van der Waals surface area contributed by atoms with Crippen molar-refractivity contribution in [2.75, 3.05) is 13.1 Å². The normalized spacial score (nSPS) is 14.5. The Labute approximate surface area is 103 Å². The Balaban J connectivity index is 2.18. The number of amidine groups is 1. The van der Waals surface area contributed by atoms with Crippen molar-refractivity contribution in [3.05, 3.63) is 34.7 Å². The molecule has 2 heterocycles. The maximum Gasteiger partial charge on any atom is 0.129 e. The number of aromatic nitrogens is 1. The summed E-state index contributed by atoms with van der Waals surface area (Å²) in [5.74, 6) is 1.08. The molecule has 0 bridgehead atoms. The van der Waals surface area contributed by atoms with Crippen LogP contribution in [0.4, 0.5) is 0 Å². The zero-order chi connectivity index (χ0) is 11.7. The molecule has 5 heteroatoms. The molecule has 1 aromatic carbocycles. The van der Waals surface area contributed by atoms with Crippen molar-refractivity contribution >= 4 is 17.2 Å². The molecule has 17 heavy (non-hydrogen) atoms. The fraction of sp³-hybridized carbons (Fsp3) is 0.167. The van der Waals surface area contributed by atoms with E-state index in [9.17, 15) is 5.11 Å². The molecule has 0 aliphatic carbocycles. The van der Waals surface area contributed by atoms with E-state index in [0.29, 0.717) is 0 Å². The molecule has 86 valence electrons. The Morgan fingerprint density at radius 3 is 3.00 bits per heavy atom. The second-order valence-electron chi connectivity index (χ2n) is 3.73. The van der Waals surface area contributed by atoms with Crippen LogP contribution in [0.3, 0.4) is 0 Å². The SMILES string of the molecule is Oc1cccc(C2=NCCN2)c1-c1cscn1. The number of aromatic hydroxyl groups is 1. The zero-order valence-corrected chi connectivity index (χ0v) is 9.87. The molecular weight excluding hydrogens is 234 g/mol. The van der Waals surface area contributed by atoms with Gasteiger partial charge >= 0.3 is 0 Å². The van der Waals surface area contributed by atoms with Gasteiger partial charge in [0.25, 0.3) is 0 Å². The molecule has 3 rings (SSSR count). The molecule has 0 saturated heterocycles. The minimum Gasteiger partial charge on any atom is -0.507 e. The van der Waals surface area contributed by atoms with Crippen LogP contribution in [0.2, 0.25) is 0 Å². The van der Waals surface area contributed by atoms with Gasteiger partial charge < -0.3 is 10.4 Å². The van der Waals surface area contributed by atoms with E-state index in [1.165, 1.54) is 11.3 Å². The molecule has 0 radical (unpaired) electrons. The van der Waals surface area contributed by atoms with Gasteiger partial charge in [-0.15, -0.1) is 11.3 Å². The molecule has 0 saturated carbocycles. The first-order valence-corrected chi connectivity index (χ1v) is 6.30. The topological polar surface area (TPSA) is 57.5 Å². The van der Waals surface area contributed by atoms with Gasteiger partial charge in [-0.05, 0) is 6.07 Å². The first kappa shape index (κ1) is 10.3. The number of hydrogen-bond acceptors (Lipinski definition) is 5. The third kappa shape index (κ3) is 1.78. The van der Waals surface area contributed by atoms with E-state index < -0.39 is 0 Å². The lowest BCUT2D eigenvalue weighted by Gasteiger charge is -2.09. The average molecular weight is 245 g/mol. The van der Waals surface area contributed by atoms with Gasteiger partial charge in [0.15, 0.2) is 0 Å². The van der Waals surface area contributed by atoms with Crippen LogP contribution in [0.25, 0.3) is 11.3 Å². The molecule has 0 fully saturated rings. The second kappa shape index (κ2) is 4.18. The van der Waals surface area contributed by atoms with Crippen molar-refractivity contribution in [1.82, 2.24) is 10.3 Å². The molecule has 0 amide bonds. The largest absolute Gasteiger partial charge is 0.507 e. The van der Waals surface area contributed by atoms with Crippen LogP contribution < -0.4 is 5.32 Å². The van der Waals surface area contributed by atoms with Gasteiger partial charge in [-0.1, -0.05) is 12.1 Å². The molecule has 0 atom stereocenters. The van der Waals surface area contributed by atoms with Gasteiger partial charge in [0.2, 0.25) is 0 Å². The van der Waals surface area contributed by atoms with Crippen molar-refractivity contribution in [3.63, 3.8) is 0 Å². The summed E-state index contributed by atoms with van der Waals surface area (Å²) in [6, 6.07) is 5.45. The quantitative estimate of drug-likeness (QED) is 0.849. The van der Waals surface area contributed by atoms with Crippen LogP contribution in [-0.4, -0.2) is 29.0 Å². The average Bonchev–Trinajstić information content (AvgIpc) is 3.02. The fourth-order valence-electron chi connectivity index (χ4n) is 1.92. The highest BCUT2D eigenvalue weighted by Crippen LogP contribution is 2.32. The summed E-state index contributed by atoms with van der Waals surface area (Å²) in [5.41, 5.74) is 4.21. The van der Waals surface area contributed by atoms with Gasteiger partial charge in [-0.3, -0.25) is 4.99 Å². The summed E-state index contributed by atoms with van der Waals surface area (Å²) in [7, 11) is 0. The lowest BCUT2D eigenvalue weighted by molar-refractivity contribution is 0.477. The predicted octanol–water partition coefficient (Wildman–Crippen LogP) is 1.87. The van der Waals surface area contributed by atoms with Gasteiger partial charge in [-0.25, -0.2) is 4.98 Å². The molecule has 4 nitrogen and oxygen atoms in total. The molecular formula is C12H11N3OS. The first-order valence-electron chi connectivity index (χ1n) is 5.35. The number of aliphatic imine (C=N–C) groups is 1. The van der Waals surface area contributed by atoms with Crippen LogP contribution in [-0.2, 0) is 0 Å². The van der Waals surface area contributed by atoms with E-state index in [2.05, 4.69) is 15.3 Å². The third-order valence-corrected chi connectivity index (χ3v) is 3.25. The summed E-state index contributed by atoms with van der Waals surface area (Å²) >= 11 is 1.51. The van der Waals surface area contributed by atoms with E-state index in [1.807, 2.05) is 17.5 Å². The number of nitrogens with zero attached hydrogens (tertiary/aromatic N) is 2. The van der Waals surface area contributed by atoms with E-state index in [-0.39, 0.29) is 5.75 Å². The summed E-state index contributed by atoms with van der Waals surface area (Å²) in [6.07, 6.45) is 0. The van der Waals surface area contributed by atoms with E-state index >= 15 is 0 Å². The van der Waals surface area contributed by atoms with Gasteiger partial charge in [0, 0.05) is 17.5 Å². The first-order chi connectivity index (χ1) is 8.36. The number of hydrogen-bond donors (Lipinski definition) is 2.